The van der Waals surface area contributed by atoms with Crippen LogP contribution in [-0.4, -0.2) is 40.3 Å². The molecule has 0 aliphatic carbocycles. The molecule has 3 rings (SSSR count). The van der Waals surface area contributed by atoms with Crippen molar-refractivity contribution in [3.05, 3.63) is 59.4 Å². The molecule has 2 aromatic carbocycles. The van der Waals surface area contributed by atoms with E-state index in [9.17, 15) is 13.2 Å². The van der Waals surface area contributed by atoms with Crippen LogP contribution in [0.15, 0.2) is 53.7 Å². The summed E-state index contributed by atoms with van der Waals surface area (Å²) in [5, 5.41) is 14.2. The molecule has 0 saturated heterocycles. The number of carbonyl (C=O) groups excluding carboxylic acids is 1. The van der Waals surface area contributed by atoms with E-state index in [2.05, 4.69) is 20.8 Å². The zero-order chi connectivity index (χ0) is 19.4. The van der Waals surface area contributed by atoms with E-state index >= 15 is 0 Å². The molecule has 140 valence electrons. The predicted molar refractivity (Wildman–Crippen MR) is 101 cm³/mol. The fraction of sp³-hybridized carbons (Fsp3) is 0.176. The highest BCUT2D eigenvalue weighted by Crippen LogP contribution is 2.22. The Morgan fingerprint density at radius 1 is 1.19 bits per heavy atom. The van der Waals surface area contributed by atoms with Crippen LogP contribution in [0.5, 0.6) is 0 Å². The number of hydrogen-bond acceptors (Lipinski definition) is 6. The van der Waals surface area contributed by atoms with Crippen molar-refractivity contribution in [1.82, 2.24) is 20.2 Å². The largest absolute Gasteiger partial charge is 0.326 e. The Kier molecular flexibility index (Phi) is 5.52. The van der Waals surface area contributed by atoms with Crippen LogP contribution in [0.1, 0.15) is 12.0 Å². The summed E-state index contributed by atoms with van der Waals surface area (Å²) in [5.74, 6) is -0.698. The van der Waals surface area contributed by atoms with Gasteiger partial charge in [0.15, 0.2) is 9.84 Å². The number of sulfone groups is 1. The lowest BCUT2D eigenvalue weighted by Gasteiger charge is -2.12. The van der Waals surface area contributed by atoms with Crippen LogP contribution in [0, 0.1) is 6.92 Å². The summed E-state index contributed by atoms with van der Waals surface area (Å²) in [7, 11) is -3.57. The van der Waals surface area contributed by atoms with Crippen molar-refractivity contribution in [2.45, 2.75) is 18.2 Å². The Morgan fingerprint density at radius 3 is 2.59 bits per heavy atom. The average molecular weight is 406 g/mol. The molecule has 1 N–H and O–H groups in total. The summed E-state index contributed by atoms with van der Waals surface area (Å²) < 4.78 is 26.1. The van der Waals surface area contributed by atoms with Crippen LogP contribution < -0.4 is 5.32 Å². The number of aromatic nitrogens is 4. The molecule has 8 nitrogen and oxygen atoms in total. The molecular formula is C17H16ClN5O3S. The first-order valence-electron chi connectivity index (χ1n) is 7.98. The molecule has 0 aliphatic rings. The number of nitrogens with zero attached hydrogens (tertiary/aromatic N) is 4. The number of tetrazole rings is 1. The minimum Gasteiger partial charge on any atom is -0.326 e. The molecule has 1 heterocycles. The second-order valence-corrected chi connectivity index (χ2v) is 8.32. The highest BCUT2D eigenvalue weighted by molar-refractivity contribution is 7.91. The Bertz CT molecular complexity index is 1050. The van der Waals surface area contributed by atoms with Crippen molar-refractivity contribution < 1.29 is 13.2 Å². The van der Waals surface area contributed by atoms with Gasteiger partial charge in [-0.25, -0.2) is 13.1 Å². The SMILES string of the molecule is Cc1c(NC(=O)CCS(=O)(=O)c2ccc(Cl)cc2)cccc1-n1cnnn1. The monoisotopic (exact) mass is 405 g/mol. The molecule has 0 unspecified atom stereocenters. The maximum atomic E-state index is 12.3. The van der Waals surface area contributed by atoms with E-state index in [1.807, 2.05) is 13.0 Å². The number of halogens is 1. The second kappa shape index (κ2) is 7.85. The third-order valence-corrected chi connectivity index (χ3v) is 5.93. The summed E-state index contributed by atoms with van der Waals surface area (Å²) >= 11 is 5.77. The van der Waals surface area contributed by atoms with Gasteiger partial charge in [0.1, 0.15) is 6.33 Å². The Labute approximate surface area is 161 Å². The van der Waals surface area contributed by atoms with Gasteiger partial charge in [-0.1, -0.05) is 17.7 Å². The number of hydrogen-bond donors (Lipinski definition) is 1. The third-order valence-electron chi connectivity index (χ3n) is 3.95. The van der Waals surface area contributed by atoms with E-state index in [0.717, 1.165) is 5.56 Å². The third kappa shape index (κ3) is 4.50. The molecule has 1 amide bonds. The summed E-state index contributed by atoms with van der Waals surface area (Å²) in [5.41, 5.74) is 2.04. The minimum atomic E-state index is -3.57. The van der Waals surface area contributed by atoms with Crippen LogP contribution in [0.2, 0.25) is 5.02 Å². The number of amides is 1. The molecular weight excluding hydrogens is 390 g/mol. The maximum Gasteiger partial charge on any atom is 0.225 e. The number of nitrogens with one attached hydrogen (secondary N) is 1. The van der Waals surface area contributed by atoms with E-state index in [1.54, 1.807) is 12.1 Å². The Hall–Kier alpha value is -2.78. The quantitative estimate of drug-likeness (QED) is 0.674. The molecule has 0 fully saturated rings. The molecule has 0 saturated carbocycles. The van der Waals surface area contributed by atoms with Gasteiger partial charge in [-0.2, -0.15) is 0 Å². The van der Waals surface area contributed by atoms with Gasteiger partial charge >= 0.3 is 0 Å². The molecule has 3 aromatic rings. The first-order chi connectivity index (χ1) is 12.9. The summed E-state index contributed by atoms with van der Waals surface area (Å²) in [4.78, 5) is 12.4. The second-order valence-electron chi connectivity index (χ2n) is 5.78. The van der Waals surface area contributed by atoms with Gasteiger partial charge in [0, 0.05) is 17.1 Å². The molecule has 0 bridgehead atoms. The lowest BCUT2D eigenvalue weighted by Crippen LogP contribution is -2.18. The van der Waals surface area contributed by atoms with Crippen molar-refractivity contribution in [3.8, 4) is 5.69 Å². The maximum absolute atomic E-state index is 12.3. The lowest BCUT2D eigenvalue weighted by atomic mass is 10.1. The van der Waals surface area contributed by atoms with Gasteiger partial charge in [0.25, 0.3) is 0 Å². The van der Waals surface area contributed by atoms with Crippen LogP contribution in [-0.2, 0) is 14.6 Å². The standard InChI is InChI=1S/C17H16ClN5O3S/c1-12-15(3-2-4-16(12)23-11-19-21-22-23)20-17(24)9-10-27(25,26)14-7-5-13(18)6-8-14/h2-8,11H,9-10H2,1H3,(H,20,24). The fourth-order valence-corrected chi connectivity index (χ4v) is 3.84. The number of anilines is 1. The van der Waals surface area contributed by atoms with Crippen molar-refractivity contribution in [3.63, 3.8) is 0 Å². The molecule has 0 radical (unpaired) electrons. The van der Waals surface area contributed by atoms with E-state index < -0.39 is 15.7 Å². The van der Waals surface area contributed by atoms with Gasteiger partial charge < -0.3 is 5.32 Å². The molecule has 27 heavy (non-hydrogen) atoms. The van der Waals surface area contributed by atoms with Crippen molar-refractivity contribution in [2.75, 3.05) is 11.1 Å². The van der Waals surface area contributed by atoms with Gasteiger partial charge in [0.2, 0.25) is 5.91 Å². The Balaban J connectivity index is 1.68. The van der Waals surface area contributed by atoms with Crippen molar-refractivity contribution in [2.24, 2.45) is 0 Å². The van der Waals surface area contributed by atoms with Crippen molar-refractivity contribution >= 4 is 33.0 Å². The van der Waals surface area contributed by atoms with Gasteiger partial charge in [-0.3, -0.25) is 4.79 Å². The number of benzene rings is 2. The van der Waals surface area contributed by atoms with E-state index in [-0.39, 0.29) is 17.1 Å². The van der Waals surface area contributed by atoms with Gasteiger partial charge in [-0.05, 0) is 59.3 Å². The zero-order valence-corrected chi connectivity index (χ0v) is 15.9. The van der Waals surface area contributed by atoms with E-state index in [0.29, 0.717) is 16.4 Å². The normalized spacial score (nSPS) is 11.3. The molecule has 0 aliphatic heterocycles. The molecule has 0 spiro atoms. The predicted octanol–water partition coefficient (Wildman–Crippen LogP) is 2.43. The molecule has 10 heteroatoms. The summed E-state index contributed by atoms with van der Waals surface area (Å²) in [6, 6.07) is 11.2. The van der Waals surface area contributed by atoms with Crippen LogP contribution in [0.25, 0.3) is 5.69 Å². The summed E-state index contributed by atoms with van der Waals surface area (Å²) in [6.07, 6.45) is 1.28. The number of carbonyl (C=O) groups is 1. The highest BCUT2D eigenvalue weighted by Gasteiger charge is 2.17. The van der Waals surface area contributed by atoms with Gasteiger partial charge in [-0.15, -0.1) is 5.10 Å². The van der Waals surface area contributed by atoms with Gasteiger partial charge in [0.05, 0.1) is 16.3 Å². The molecule has 1 aromatic heterocycles. The van der Waals surface area contributed by atoms with Crippen LogP contribution in [0.4, 0.5) is 5.69 Å². The van der Waals surface area contributed by atoms with Crippen LogP contribution >= 0.6 is 11.6 Å². The van der Waals surface area contributed by atoms with E-state index in [1.165, 1.54) is 35.3 Å². The fourth-order valence-electron chi connectivity index (χ4n) is 2.48. The molecule has 0 atom stereocenters. The smallest absolute Gasteiger partial charge is 0.225 e. The lowest BCUT2D eigenvalue weighted by molar-refractivity contribution is -0.115. The first-order valence-corrected chi connectivity index (χ1v) is 10.0. The van der Waals surface area contributed by atoms with Crippen molar-refractivity contribution in [1.29, 1.82) is 0 Å². The number of rotatable bonds is 6. The highest BCUT2D eigenvalue weighted by atomic mass is 35.5. The van der Waals surface area contributed by atoms with E-state index in [4.69, 9.17) is 11.6 Å². The topological polar surface area (TPSA) is 107 Å². The minimum absolute atomic E-state index is 0.136. The van der Waals surface area contributed by atoms with Crippen LogP contribution in [0.3, 0.4) is 0 Å². The zero-order valence-electron chi connectivity index (χ0n) is 14.3. The Morgan fingerprint density at radius 2 is 1.93 bits per heavy atom. The summed E-state index contributed by atoms with van der Waals surface area (Å²) in [6.45, 7) is 1.82. The average Bonchev–Trinajstić information content (AvgIpc) is 3.17. The first kappa shape index (κ1) is 19.0.